The summed E-state index contributed by atoms with van der Waals surface area (Å²) in [6, 6.07) is 9.55. The number of aromatic nitrogens is 4. The average Bonchev–Trinajstić information content (AvgIpc) is 2.98. The zero-order chi connectivity index (χ0) is 19.4. The van der Waals surface area contributed by atoms with E-state index in [1.54, 1.807) is 6.20 Å². The molecule has 0 aliphatic heterocycles. The summed E-state index contributed by atoms with van der Waals surface area (Å²) in [5, 5.41) is 15.6. The van der Waals surface area contributed by atoms with Gasteiger partial charge in [0.05, 0.1) is 17.6 Å². The molecule has 0 saturated carbocycles. The molecule has 3 rings (SSSR count). The minimum absolute atomic E-state index is 0.0676. The molecule has 0 saturated heterocycles. The predicted octanol–water partition coefficient (Wildman–Crippen LogP) is 3.39. The minimum Gasteiger partial charge on any atom is -0.352 e. The van der Waals surface area contributed by atoms with Crippen molar-refractivity contribution in [3.63, 3.8) is 0 Å². The highest BCUT2D eigenvalue weighted by molar-refractivity contribution is 5.94. The number of hydrogen-bond acceptors (Lipinski definition) is 4. The van der Waals surface area contributed by atoms with Crippen LogP contribution in [0, 0.1) is 27.7 Å². The Kier molecular flexibility index (Phi) is 5.64. The quantitative estimate of drug-likeness (QED) is 0.681. The van der Waals surface area contributed by atoms with E-state index in [-0.39, 0.29) is 5.91 Å². The van der Waals surface area contributed by atoms with E-state index in [0.717, 1.165) is 46.7 Å². The van der Waals surface area contributed by atoms with Crippen LogP contribution in [0.5, 0.6) is 0 Å². The first-order valence-electron chi connectivity index (χ1n) is 9.14. The van der Waals surface area contributed by atoms with E-state index in [0.29, 0.717) is 12.1 Å². The number of carbonyl (C=O) groups excluding carboxylic acids is 1. The monoisotopic (exact) mass is 363 g/mol. The largest absolute Gasteiger partial charge is 0.352 e. The molecule has 1 amide bonds. The summed E-state index contributed by atoms with van der Waals surface area (Å²) in [6.45, 7) is 9.48. The Morgan fingerprint density at radius 1 is 1.11 bits per heavy atom. The van der Waals surface area contributed by atoms with Gasteiger partial charge >= 0.3 is 0 Å². The average molecular weight is 363 g/mol. The summed E-state index contributed by atoms with van der Waals surface area (Å²) in [5.74, 6) is -0.0676. The van der Waals surface area contributed by atoms with Crippen molar-refractivity contribution < 1.29 is 4.79 Å². The van der Waals surface area contributed by atoms with Gasteiger partial charge in [0.15, 0.2) is 0 Å². The maximum atomic E-state index is 12.3. The molecule has 0 fully saturated rings. The maximum absolute atomic E-state index is 12.3. The van der Waals surface area contributed by atoms with Crippen LogP contribution in [0.4, 0.5) is 0 Å². The van der Waals surface area contributed by atoms with Gasteiger partial charge in [0.2, 0.25) is 0 Å². The van der Waals surface area contributed by atoms with Crippen molar-refractivity contribution in [2.24, 2.45) is 0 Å². The Morgan fingerprint density at radius 2 is 1.85 bits per heavy atom. The fourth-order valence-electron chi connectivity index (χ4n) is 3.02. The number of amides is 1. The molecule has 2 heterocycles. The van der Waals surface area contributed by atoms with Crippen LogP contribution in [0.3, 0.4) is 0 Å². The SMILES string of the molecule is Cc1cc(C)n(CCCNC(=O)c2ccc(-c3nncc(C)c3C)cc2)n1. The van der Waals surface area contributed by atoms with Crippen LogP contribution < -0.4 is 5.32 Å². The third-order valence-electron chi connectivity index (χ3n) is 4.71. The lowest BCUT2D eigenvalue weighted by atomic mass is 10.0. The summed E-state index contributed by atoms with van der Waals surface area (Å²) in [7, 11) is 0. The molecule has 27 heavy (non-hydrogen) atoms. The molecule has 3 aromatic rings. The molecule has 0 bridgehead atoms. The summed E-state index contributed by atoms with van der Waals surface area (Å²) in [4.78, 5) is 12.3. The molecular weight excluding hydrogens is 338 g/mol. The normalized spacial score (nSPS) is 10.8. The predicted molar refractivity (Wildman–Crippen MR) is 106 cm³/mol. The maximum Gasteiger partial charge on any atom is 0.251 e. The van der Waals surface area contributed by atoms with Crippen molar-refractivity contribution in [1.29, 1.82) is 0 Å². The second-order valence-electron chi connectivity index (χ2n) is 6.84. The summed E-state index contributed by atoms with van der Waals surface area (Å²) in [5.41, 5.74) is 6.82. The van der Waals surface area contributed by atoms with E-state index in [2.05, 4.69) is 26.7 Å². The van der Waals surface area contributed by atoms with E-state index in [9.17, 15) is 4.79 Å². The first-order valence-corrected chi connectivity index (χ1v) is 9.14. The fraction of sp³-hybridized carbons (Fsp3) is 0.333. The van der Waals surface area contributed by atoms with Crippen molar-refractivity contribution in [2.75, 3.05) is 6.54 Å². The van der Waals surface area contributed by atoms with E-state index >= 15 is 0 Å². The van der Waals surface area contributed by atoms with Gasteiger partial charge in [-0.3, -0.25) is 9.48 Å². The first-order chi connectivity index (χ1) is 13.0. The zero-order valence-electron chi connectivity index (χ0n) is 16.3. The van der Waals surface area contributed by atoms with E-state index in [1.165, 1.54) is 0 Å². The van der Waals surface area contributed by atoms with Crippen molar-refractivity contribution >= 4 is 5.91 Å². The van der Waals surface area contributed by atoms with Crippen molar-refractivity contribution in [1.82, 2.24) is 25.3 Å². The van der Waals surface area contributed by atoms with Gasteiger partial charge < -0.3 is 5.32 Å². The van der Waals surface area contributed by atoms with E-state index in [4.69, 9.17) is 0 Å². The molecule has 6 heteroatoms. The summed E-state index contributed by atoms with van der Waals surface area (Å²) >= 11 is 0. The third-order valence-corrected chi connectivity index (χ3v) is 4.71. The first kappa shape index (κ1) is 18.8. The van der Waals surface area contributed by atoms with Gasteiger partial charge in [0, 0.05) is 29.9 Å². The van der Waals surface area contributed by atoms with Gasteiger partial charge in [-0.1, -0.05) is 12.1 Å². The summed E-state index contributed by atoms with van der Waals surface area (Å²) in [6.07, 6.45) is 2.59. The molecule has 0 aliphatic carbocycles. The smallest absolute Gasteiger partial charge is 0.251 e. The summed E-state index contributed by atoms with van der Waals surface area (Å²) < 4.78 is 1.97. The van der Waals surface area contributed by atoms with Crippen LogP contribution in [-0.2, 0) is 6.54 Å². The molecule has 0 atom stereocenters. The number of nitrogens with zero attached hydrogens (tertiary/aromatic N) is 4. The Labute approximate surface area is 159 Å². The number of hydrogen-bond donors (Lipinski definition) is 1. The fourth-order valence-corrected chi connectivity index (χ4v) is 3.02. The molecule has 0 radical (unpaired) electrons. The highest BCUT2D eigenvalue weighted by Gasteiger charge is 2.09. The Hall–Kier alpha value is -3.02. The van der Waals surface area contributed by atoms with E-state index in [1.807, 2.05) is 56.6 Å². The van der Waals surface area contributed by atoms with Crippen LogP contribution >= 0.6 is 0 Å². The Morgan fingerprint density at radius 3 is 2.52 bits per heavy atom. The van der Waals surface area contributed by atoms with Crippen molar-refractivity contribution in [2.45, 2.75) is 40.7 Å². The van der Waals surface area contributed by atoms with Gasteiger partial charge in [-0.2, -0.15) is 15.3 Å². The number of aryl methyl sites for hydroxylation is 4. The minimum atomic E-state index is -0.0676. The van der Waals surface area contributed by atoms with Gasteiger partial charge in [0.1, 0.15) is 0 Å². The van der Waals surface area contributed by atoms with Crippen molar-refractivity contribution in [3.8, 4) is 11.3 Å². The number of nitrogens with one attached hydrogen (secondary N) is 1. The zero-order valence-corrected chi connectivity index (χ0v) is 16.3. The Bertz CT molecular complexity index is 944. The second-order valence-corrected chi connectivity index (χ2v) is 6.84. The molecule has 1 aromatic carbocycles. The number of carbonyl (C=O) groups is 1. The number of rotatable bonds is 6. The van der Waals surface area contributed by atoms with Gasteiger partial charge in [-0.05, 0) is 63.4 Å². The van der Waals surface area contributed by atoms with Crippen LogP contribution in [0.15, 0.2) is 36.5 Å². The second kappa shape index (κ2) is 8.12. The molecule has 1 N–H and O–H groups in total. The van der Waals surface area contributed by atoms with Gasteiger partial charge in [0.25, 0.3) is 5.91 Å². The third kappa shape index (κ3) is 4.39. The van der Waals surface area contributed by atoms with Crippen LogP contribution in [0.1, 0.15) is 39.3 Å². The van der Waals surface area contributed by atoms with Gasteiger partial charge in [-0.25, -0.2) is 0 Å². The van der Waals surface area contributed by atoms with Crippen LogP contribution in [0.2, 0.25) is 0 Å². The highest BCUT2D eigenvalue weighted by Crippen LogP contribution is 2.22. The van der Waals surface area contributed by atoms with Crippen LogP contribution in [-0.4, -0.2) is 32.4 Å². The van der Waals surface area contributed by atoms with Crippen molar-refractivity contribution in [3.05, 3.63) is 64.6 Å². The molecule has 0 spiro atoms. The Balaban J connectivity index is 1.56. The topological polar surface area (TPSA) is 72.7 Å². The molecule has 0 unspecified atom stereocenters. The molecule has 6 nitrogen and oxygen atoms in total. The van der Waals surface area contributed by atoms with E-state index < -0.39 is 0 Å². The highest BCUT2D eigenvalue weighted by atomic mass is 16.1. The van der Waals surface area contributed by atoms with Crippen LogP contribution in [0.25, 0.3) is 11.3 Å². The lowest BCUT2D eigenvalue weighted by Gasteiger charge is -2.09. The molecule has 2 aromatic heterocycles. The standard InChI is InChI=1S/C21H25N5O/c1-14-13-23-24-20(17(14)4)18-6-8-19(9-7-18)21(27)22-10-5-11-26-16(3)12-15(2)25-26/h6-9,12-13H,5,10-11H2,1-4H3,(H,22,27). The molecule has 0 aliphatic rings. The molecular formula is C21H25N5O. The number of benzene rings is 1. The lowest BCUT2D eigenvalue weighted by Crippen LogP contribution is -2.25. The lowest BCUT2D eigenvalue weighted by molar-refractivity contribution is 0.0952. The molecule has 140 valence electrons. The van der Waals surface area contributed by atoms with Gasteiger partial charge in [-0.15, -0.1) is 0 Å².